The van der Waals surface area contributed by atoms with Crippen molar-refractivity contribution in [1.29, 1.82) is 0 Å². The number of thiophene rings is 1. The van der Waals surface area contributed by atoms with Crippen LogP contribution >= 0.6 is 23.7 Å². The van der Waals surface area contributed by atoms with Crippen molar-refractivity contribution in [3.63, 3.8) is 0 Å². The molecular weight excluding hydrogens is 323 g/mol. The highest BCUT2D eigenvalue weighted by atomic mass is 35.5. The van der Waals surface area contributed by atoms with Crippen molar-refractivity contribution < 1.29 is 9.18 Å². The Morgan fingerprint density at radius 3 is 2.73 bits per heavy atom. The molecule has 3 fully saturated rings. The van der Waals surface area contributed by atoms with Crippen LogP contribution in [0.1, 0.15) is 22.5 Å². The number of carbonyl (C=O) groups excluding carboxylic acids is 1. The lowest BCUT2D eigenvalue weighted by Crippen LogP contribution is -2.57. The molecule has 0 aliphatic carbocycles. The molecule has 4 heterocycles. The number of hydrogen-bond acceptors (Lipinski definition) is 3. The number of rotatable bonds is 2. The van der Waals surface area contributed by atoms with Gasteiger partial charge in [-0.2, -0.15) is 0 Å². The lowest BCUT2D eigenvalue weighted by molar-refractivity contribution is 0.0622. The Balaban J connectivity index is 0.00000144. The minimum atomic E-state index is -0.251. The van der Waals surface area contributed by atoms with Crippen LogP contribution in [0, 0.1) is 11.7 Å². The summed E-state index contributed by atoms with van der Waals surface area (Å²) in [6, 6.07) is 7.00. The summed E-state index contributed by atoms with van der Waals surface area (Å²) in [5.74, 6) is 0.291. The molecule has 3 aliphatic heterocycles. The van der Waals surface area contributed by atoms with E-state index in [2.05, 4.69) is 10.2 Å². The Morgan fingerprint density at radius 1 is 1.32 bits per heavy atom. The van der Waals surface area contributed by atoms with Crippen molar-refractivity contribution in [3.05, 3.63) is 35.0 Å². The molecule has 3 nitrogen and oxygen atoms in total. The standard InChI is InChI=1S/C16H17FN2OS.ClH/c17-12-3-1-2-11-8-14(21-15(11)12)16(20)18-13-9-19-6-4-10(13)5-7-19;/h1-3,8,10,13H,4-7,9H2,(H,18,20);1H/t13-;/m0./s1. The van der Waals surface area contributed by atoms with E-state index in [0.29, 0.717) is 15.5 Å². The van der Waals surface area contributed by atoms with Gasteiger partial charge in [-0.1, -0.05) is 12.1 Å². The third kappa shape index (κ3) is 2.73. The molecule has 22 heavy (non-hydrogen) atoms. The van der Waals surface area contributed by atoms with Crippen molar-refractivity contribution in [1.82, 2.24) is 10.2 Å². The second kappa shape index (κ2) is 6.14. The first-order chi connectivity index (χ1) is 10.2. The van der Waals surface area contributed by atoms with E-state index in [4.69, 9.17) is 0 Å². The Kier molecular flexibility index (Phi) is 4.39. The molecule has 1 atom stereocenters. The molecule has 1 amide bonds. The Bertz CT molecular complexity index is 697. The minimum Gasteiger partial charge on any atom is -0.347 e. The molecule has 2 bridgehead atoms. The number of halogens is 2. The predicted molar refractivity (Wildman–Crippen MR) is 89.4 cm³/mol. The lowest BCUT2D eigenvalue weighted by atomic mass is 9.84. The van der Waals surface area contributed by atoms with Crippen LogP contribution in [0.2, 0.25) is 0 Å². The molecule has 0 unspecified atom stereocenters. The quantitative estimate of drug-likeness (QED) is 0.910. The van der Waals surface area contributed by atoms with Crippen LogP contribution in [0.15, 0.2) is 24.3 Å². The molecule has 118 valence electrons. The van der Waals surface area contributed by atoms with Crippen molar-refractivity contribution in [2.45, 2.75) is 18.9 Å². The molecule has 0 radical (unpaired) electrons. The average molecular weight is 341 g/mol. The molecule has 0 spiro atoms. The van der Waals surface area contributed by atoms with E-state index >= 15 is 0 Å². The highest BCUT2D eigenvalue weighted by Gasteiger charge is 2.35. The molecule has 5 rings (SSSR count). The van der Waals surface area contributed by atoms with E-state index in [1.807, 2.05) is 6.07 Å². The normalized spacial score (nSPS) is 26.7. The second-order valence-electron chi connectivity index (χ2n) is 5.99. The van der Waals surface area contributed by atoms with Crippen LogP contribution in [0.4, 0.5) is 4.39 Å². The van der Waals surface area contributed by atoms with Crippen molar-refractivity contribution in [2.75, 3.05) is 19.6 Å². The summed E-state index contributed by atoms with van der Waals surface area (Å²) in [4.78, 5) is 15.4. The van der Waals surface area contributed by atoms with Gasteiger partial charge >= 0.3 is 0 Å². The maximum Gasteiger partial charge on any atom is 0.261 e. The molecule has 0 saturated carbocycles. The van der Waals surface area contributed by atoms with Gasteiger partial charge in [0.1, 0.15) is 5.82 Å². The number of piperidine rings is 3. The fourth-order valence-electron chi connectivity index (χ4n) is 3.51. The van der Waals surface area contributed by atoms with Gasteiger partial charge in [0.2, 0.25) is 0 Å². The summed E-state index contributed by atoms with van der Waals surface area (Å²) in [6.07, 6.45) is 2.35. The fourth-order valence-corrected chi connectivity index (χ4v) is 4.48. The molecule has 6 heteroatoms. The van der Waals surface area contributed by atoms with Gasteiger partial charge in [0, 0.05) is 12.6 Å². The SMILES string of the molecule is Cl.O=C(N[C@H]1CN2CCC1CC2)c1cc2cccc(F)c2s1. The van der Waals surface area contributed by atoms with Gasteiger partial charge in [0.25, 0.3) is 5.91 Å². The van der Waals surface area contributed by atoms with Crippen molar-refractivity contribution in [3.8, 4) is 0 Å². The van der Waals surface area contributed by atoms with Gasteiger partial charge in [-0.25, -0.2) is 4.39 Å². The van der Waals surface area contributed by atoms with Gasteiger partial charge in [0.05, 0.1) is 9.58 Å². The minimum absolute atomic E-state index is 0. The van der Waals surface area contributed by atoms with Gasteiger partial charge in [-0.05, 0) is 49.4 Å². The first-order valence-electron chi connectivity index (χ1n) is 7.42. The predicted octanol–water partition coefficient (Wildman–Crippen LogP) is 3.29. The van der Waals surface area contributed by atoms with E-state index in [1.54, 1.807) is 12.1 Å². The molecule has 2 aromatic rings. The number of fused-ring (bicyclic) bond motifs is 4. The summed E-state index contributed by atoms with van der Waals surface area (Å²) in [5, 5.41) is 3.96. The number of benzene rings is 1. The van der Waals surface area contributed by atoms with Crippen LogP contribution in [-0.4, -0.2) is 36.5 Å². The van der Waals surface area contributed by atoms with E-state index in [0.717, 1.165) is 25.0 Å². The van der Waals surface area contributed by atoms with Gasteiger partial charge in [0.15, 0.2) is 0 Å². The van der Waals surface area contributed by atoms with Crippen LogP contribution < -0.4 is 5.32 Å². The van der Waals surface area contributed by atoms with Crippen LogP contribution in [0.25, 0.3) is 10.1 Å². The topological polar surface area (TPSA) is 32.3 Å². The molecule has 1 aromatic carbocycles. The van der Waals surface area contributed by atoms with Crippen molar-refractivity contribution in [2.24, 2.45) is 5.92 Å². The summed E-state index contributed by atoms with van der Waals surface area (Å²) in [7, 11) is 0. The third-order valence-electron chi connectivity index (χ3n) is 4.69. The Labute approximate surface area is 138 Å². The zero-order valence-corrected chi connectivity index (χ0v) is 13.7. The highest BCUT2D eigenvalue weighted by molar-refractivity contribution is 7.20. The lowest BCUT2D eigenvalue weighted by Gasteiger charge is -2.44. The van der Waals surface area contributed by atoms with Gasteiger partial charge < -0.3 is 10.2 Å². The second-order valence-corrected chi connectivity index (χ2v) is 7.04. The third-order valence-corrected chi connectivity index (χ3v) is 5.85. The smallest absolute Gasteiger partial charge is 0.261 e. The Morgan fingerprint density at radius 2 is 2.09 bits per heavy atom. The largest absolute Gasteiger partial charge is 0.347 e. The van der Waals surface area contributed by atoms with Gasteiger partial charge in [-0.15, -0.1) is 23.7 Å². The number of nitrogens with zero attached hydrogens (tertiary/aromatic N) is 1. The molecule has 3 saturated heterocycles. The van der Waals surface area contributed by atoms with E-state index in [-0.39, 0.29) is 30.2 Å². The number of hydrogen-bond donors (Lipinski definition) is 1. The summed E-state index contributed by atoms with van der Waals surface area (Å²) < 4.78 is 14.3. The van der Waals surface area contributed by atoms with Crippen LogP contribution in [-0.2, 0) is 0 Å². The molecule has 1 N–H and O–H groups in total. The summed E-state index contributed by atoms with van der Waals surface area (Å²) in [6.45, 7) is 3.27. The molecule has 3 aliphatic rings. The summed E-state index contributed by atoms with van der Waals surface area (Å²) in [5.41, 5.74) is 0. The first-order valence-corrected chi connectivity index (χ1v) is 8.23. The van der Waals surface area contributed by atoms with Crippen LogP contribution in [0.3, 0.4) is 0 Å². The number of amides is 1. The van der Waals surface area contributed by atoms with E-state index in [1.165, 1.54) is 30.2 Å². The average Bonchev–Trinajstić information content (AvgIpc) is 2.94. The first kappa shape index (κ1) is 15.7. The molecular formula is C16H18ClFN2OS. The van der Waals surface area contributed by atoms with E-state index in [9.17, 15) is 9.18 Å². The van der Waals surface area contributed by atoms with E-state index < -0.39 is 0 Å². The maximum absolute atomic E-state index is 13.7. The number of carbonyl (C=O) groups is 1. The highest BCUT2D eigenvalue weighted by Crippen LogP contribution is 2.30. The van der Waals surface area contributed by atoms with Crippen molar-refractivity contribution >= 4 is 39.7 Å². The fraction of sp³-hybridized carbons (Fsp3) is 0.438. The van der Waals surface area contributed by atoms with Gasteiger partial charge in [-0.3, -0.25) is 4.79 Å². The monoisotopic (exact) mass is 340 g/mol. The maximum atomic E-state index is 13.7. The summed E-state index contributed by atoms with van der Waals surface area (Å²) >= 11 is 1.24. The number of nitrogens with one attached hydrogen (secondary N) is 1. The molecule has 1 aromatic heterocycles. The zero-order valence-electron chi connectivity index (χ0n) is 12.0. The zero-order chi connectivity index (χ0) is 14.4. The Hall–Kier alpha value is -1.17. The van der Waals surface area contributed by atoms with Crippen LogP contribution in [0.5, 0.6) is 0 Å².